The van der Waals surface area contributed by atoms with E-state index in [0.29, 0.717) is 18.7 Å². The van der Waals surface area contributed by atoms with Gasteiger partial charge < -0.3 is 14.7 Å². The molecule has 1 aliphatic heterocycles. The Hall–Kier alpha value is -2.41. The molecule has 1 aliphatic rings. The molecule has 2 aromatic rings. The fourth-order valence-corrected chi connectivity index (χ4v) is 3.58. The fraction of sp³-hybridized carbons (Fsp3) is 0.353. The van der Waals surface area contributed by atoms with Crippen LogP contribution in [0.1, 0.15) is 39.6 Å². The van der Waals surface area contributed by atoms with Crippen LogP contribution in [0, 0.1) is 0 Å². The number of amides is 1. The maximum atomic E-state index is 12.3. The number of rotatable bonds is 4. The number of nitrogens with zero attached hydrogens (tertiary/aromatic N) is 2. The molecule has 1 N–H and O–H groups in total. The lowest BCUT2D eigenvalue weighted by molar-refractivity contribution is 0.0699. The van der Waals surface area contributed by atoms with Crippen LogP contribution < -0.4 is 0 Å². The van der Waals surface area contributed by atoms with Crippen LogP contribution in [-0.2, 0) is 11.3 Å². The summed E-state index contributed by atoms with van der Waals surface area (Å²) in [4.78, 5) is 25.5. The zero-order chi connectivity index (χ0) is 16.9. The normalized spacial score (nSPS) is 17.5. The maximum Gasteiger partial charge on any atom is 0.410 e. The number of likely N-dealkylation sites (tertiary alicyclic amines) is 1. The molecule has 1 fully saturated rings. The smallest absolute Gasteiger partial charge is 0.410 e. The van der Waals surface area contributed by atoms with Crippen molar-refractivity contribution in [2.24, 2.45) is 0 Å². The number of carboxylic acids is 1. The van der Waals surface area contributed by atoms with Gasteiger partial charge in [-0.05, 0) is 29.9 Å². The molecule has 1 aromatic carbocycles. The molecular formula is C17H18N2O4S. The summed E-state index contributed by atoms with van der Waals surface area (Å²) in [7, 11) is 0. The van der Waals surface area contributed by atoms with Gasteiger partial charge in [-0.2, -0.15) is 0 Å². The second-order valence-electron chi connectivity index (χ2n) is 5.74. The zero-order valence-corrected chi connectivity index (χ0v) is 13.9. The average molecular weight is 346 g/mol. The minimum atomic E-state index is -0.962. The lowest BCUT2D eigenvalue weighted by Crippen LogP contribution is -2.39. The molecule has 126 valence electrons. The highest BCUT2D eigenvalue weighted by Crippen LogP contribution is 2.31. The van der Waals surface area contributed by atoms with Gasteiger partial charge in [-0.25, -0.2) is 14.0 Å². The van der Waals surface area contributed by atoms with Crippen molar-refractivity contribution in [3.8, 4) is 0 Å². The maximum absolute atomic E-state index is 12.3. The summed E-state index contributed by atoms with van der Waals surface area (Å²) in [6, 6.07) is 9.52. The van der Waals surface area contributed by atoms with E-state index in [1.54, 1.807) is 11.1 Å². The SMILES string of the molecule is O=C(O)c1sncc1C1CCCN(C(=O)OCc2ccccc2)C1. The molecule has 0 bridgehead atoms. The van der Waals surface area contributed by atoms with Crippen LogP contribution in [0.5, 0.6) is 0 Å². The van der Waals surface area contributed by atoms with E-state index < -0.39 is 5.97 Å². The van der Waals surface area contributed by atoms with E-state index in [9.17, 15) is 14.7 Å². The first-order chi connectivity index (χ1) is 11.6. The predicted octanol–water partition coefficient (Wildman–Crippen LogP) is 3.36. The van der Waals surface area contributed by atoms with Crippen LogP contribution >= 0.6 is 11.5 Å². The fourth-order valence-electron chi connectivity index (χ4n) is 2.91. The Labute approximate surface area is 143 Å². The number of aromatic carboxylic acids is 1. The Bertz CT molecular complexity index is 716. The van der Waals surface area contributed by atoms with Gasteiger partial charge in [-0.15, -0.1) is 0 Å². The Kier molecular flexibility index (Phi) is 5.10. The molecule has 1 atom stereocenters. The van der Waals surface area contributed by atoms with Crippen molar-refractivity contribution in [1.82, 2.24) is 9.27 Å². The minimum absolute atomic E-state index is 0.00660. The second-order valence-corrected chi connectivity index (χ2v) is 6.54. The third-order valence-corrected chi connectivity index (χ3v) is 4.92. The number of hydrogen-bond acceptors (Lipinski definition) is 5. The Morgan fingerprint density at radius 3 is 2.88 bits per heavy atom. The average Bonchev–Trinajstić information content (AvgIpc) is 3.11. The van der Waals surface area contributed by atoms with Crippen LogP contribution in [0.3, 0.4) is 0 Å². The minimum Gasteiger partial charge on any atom is -0.477 e. The van der Waals surface area contributed by atoms with Gasteiger partial charge in [0.2, 0.25) is 0 Å². The van der Waals surface area contributed by atoms with Gasteiger partial charge in [0.15, 0.2) is 0 Å². The van der Waals surface area contributed by atoms with Crippen molar-refractivity contribution in [3.05, 3.63) is 52.5 Å². The summed E-state index contributed by atoms with van der Waals surface area (Å²) in [5, 5.41) is 9.24. The number of carbonyl (C=O) groups excluding carboxylic acids is 1. The number of hydrogen-bond donors (Lipinski definition) is 1. The number of piperidine rings is 1. The van der Waals surface area contributed by atoms with Crippen molar-refractivity contribution in [1.29, 1.82) is 0 Å². The van der Waals surface area contributed by atoms with Gasteiger partial charge in [-0.3, -0.25) is 0 Å². The first-order valence-electron chi connectivity index (χ1n) is 7.78. The van der Waals surface area contributed by atoms with Gasteiger partial charge in [0.05, 0.1) is 0 Å². The lowest BCUT2D eigenvalue weighted by Gasteiger charge is -2.31. The number of aromatic nitrogens is 1. The topological polar surface area (TPSA) is 79.7 Å². The molecule has 0 radical (unpaired) electrons. The molecule has 0 saturated carbocycles. The first-order valence-corrected chi connectivity index (χ1v) is 8.56. The molecule has 24 heavy (non-hydrogen) atoms. The van der Waals surface area contributed by atoms with Gasteiger partial charge in [-0.1, -0.05) is 30.3 Å². The van der Waals surface area contributed by atoms with Crippen LogP contribution in [-0.4, -0.2) is 39.5 Å². The zero-order valence-electron chi connectivity index (χ0n) is 13.1. The van der Waals surface area contributed by atoms with Gasteiger partial charge in [0.1, 0.15) is 11.5 Å². The van der Waals surface area contributed by atoms with Crippen molar-refractivity contribution in [2.45, 2.75) is 25.4 Å². The third kappa shape index (κ3) is 3.73. The summed E-state index contributed by atoms with van der Waals surface area (Å²) in [5.74, 6) is -0.968. The second kappa shape index (κ2) is 7.44. The molecule has 0 aliphatic carbocycles. The van der Waals surface area contributed by atoms with Crippen LogP contribution in [0.25, 0.3) is 0 Å². The van der Waals surface area contributed by atoms with Gasteiger partial charge in [0.25, 0.3) is 0 Å². The highest BCUT2D eigenvalue weighted by molar-refractivity contribution is 7.08. The molecule has 1 amide bonds. The molecule has 3 rings (SSSR count). The molecule has 2 heterocycles. The first kappa shape index (κ1) is 16.4. The van der Waals surface area contributed by atoms with Gasteiger partial charge >= 0.3 is 12.1 Å². The Morgan fingerprint density at radius 1 is 1.33 bits per heavy atom. The molecule has 0 spiro atoms. The third-order valence-electron chi connectivity index (χ3n) is 4.12. The lowest BCUT2D eigenvalue weighted by atomic mass is 9.91. The van der Waals surface area contributed by atoms with Gasteiger partial charge in [0, 0.05) is 30.8 Å². The van der Waals surface area contributed by atoms with Crippen molar-refractivity contribution < 1.29 is 19.4 Å². The van der Waals surface area contributed by atoms with E-state index in [-0.39, 0.29) is 23.5 Å². The predicted molar refractivity (Wildman–Crippen MR) is 89.2 cm³/mol. The largest absolute Gasteiger partial charge is 0.477 e. The van der Waals surface area contributed by atoms with Crippen molar-refractivity contribution in [2.75, 3.05) is 13.1 Å². The molecule has 1 saturated heterocycles. The standard InChI is InChI=1S/C17H18N2O4S/c20-16(21)15-14(9-18-24-15)13-7-4-8-19(10-13)17(22)23-11-12-5-2-1-3-6-12/h1-3,5-6,9,13H,4,7-8,10-11H2,(H,20,21). The number of ether oxygens (including phenoxy) is 1. The Morgan fingerprint density at radius 2 is 2.12 bits per heavy atom. The molecule has 1 unspecified atom stereocenters. The molecular weight excluding hydrogens is 328 g/mol. The van der Waals surface area contributed by atoms with E-state index in [4.69, 9.17) is 4.74 Å². The van der Waals surface area contributed by atoms with E-state index in [2.05, 4.69) is 4.37 Å². The summed E-state index contributed by atoms with van der Waals surface area (Å²) in [6.07, 6.45) is 2.92. The summed E-state index contributed by atoms with van der Waals surface area (Å²) in [6.45, 7) is 1.33. The molecule has 6 nitrogen and oxygen atoms in total. The van der Waals surface area contributed by atoms with E-state index in [1.165, 1.54) is 0 Å². The highest BCUT2D eigenvalue weighted by atomic mass is 32.1. The van der Waals surface area contributed by atoms with Crippen molar-refractivity contribution in [3.63, 3.8) is 0 Å². The Balaban J connectivity index is 1.61. The summed E-state index contributed by atoms with van der Waals surface area (Å²) in [5.41, 5.74) is 1.66. The van der Waals surface area contributed by atoms with E-state index in [1.807, 2.05) is 30.3 Å². The van der Waals surface area contributed by atoms with Crippen LogP contribution in [0.4, 0.5) is 4.79 Å². The molecule has 1 aromatic heterocycles. The monoisotopic (exact) mass is 346 g/mol. The molecule has 7 heteroatoms. The number of benzene rings is 1. The number of carbonyl (C=O) groups is 2. The summed E-state index contributed by atoms with van der Waals surface area (Å²) < 4.78 is 9.36. The van der Waals surface area contributed by atoms with Crippen molar-refractivity contribution >= 4 is 23.6 Å². The number of carboxylic acid groups (broad SMARTS) is 1. The van der Waals surface area contributed by atoms with E-state index in [0.717, 1.165) is 29.9 Å². The quantitative estimate of drug-likeness (QED) is 0.918. The highest BCUT2D eigenvalue weighted by Gasteiger charge is 2.29. The van der Waals surface area contributed by atoms with Crippen LogP contribution in [0.15, 0.2) is 36.5 Å². The summed E-state index contributed by atoms with van der Waals surface area (Å²) >= 11 is 0.984. The van der Waals surface area contributed by atoms with E-state index >= 15 is 0 Å². The van der Waals surface area contributed by atoms with Crippen LogP contribution in [0.2, 0.25) is 0 Å².